The lowest BCUT2D eigenvalue weighted by molar-refractivity contribution is -0.155. The summed E-state index contributed by atoms with van der Waals surface area (Å²) in [6.45, 7) is 12.9. The topological polar surface area (TPSA) is 66.4 Å². The van der Waals surface area contributed by atoms with Gasteiger partial charge in [-0.05, 0) is 65.4 Å². The molecule has 0 spiro atoms. The molecule has 0 unspecified atom stereocenters. The van der Waals surface area contributed by atoms with Gasteiger partial charge in [0.15, 0.2) is 6.79 Å². The molecule has 35 heavy (non-hydrogen) atoms. The zero-order chi connectivity index (χ0) is 26.1. The van der Waals surface area contributed by atoms with E-state index < -0.39 is 11.6 Å². The Morgan fingerprint density at radius 1 is 1.06 bits per heavy atom. The first-order valence-corrected chi connectivity index (χ1v) is 12.5. The van der Waals surface area contributed by atoms with Crippen LogP contribution in [0.2, 0.25) is 0 Å². The first-order chi connectivity index (χ1) is 16.4. The number of esters is 1. The van der Waals surface area contributed by atoms with Gasteiger partial charge >= 0.3 is 5.97 Å². The first kappa shape index (κ1) is 29.0. The van der Waals surface area contributed by atoms with Crippen molar-refractivity contribution in [3.8, 4) is 5.75 Å². The Labute approximate surface area is 218 Å². The normalized spacial score (nSPS) is 13.1. The predicted octanol–water partition coefficient (Wildman–Crippen LogP) is 6.64. The van der Waals surface area contributed by atoms with E-state index in [1.165, 1.54) is 0 Å². The van der Waals surface area contributed by atoms with Crippen molar-refractivity contribution in [1.82, 2.24) is 0 Å². The molecule has 6 nitrogen and oxygen atoms in total. The number of benzene rings is 2. The lowest BCUT2D eigenvalue weighted by Gasteiger charge is -2.26. The second-order valence-electron chi connectivity index (χ2n) is 10.3. The van der Waals surface area contributed by atoms with Gasteiger partial charge in [-0.25, -0.2) is 0 Å². The summed E-state index contributed by atoms with van der Waals surface area (Å²) in [5, 5.41) is 0. The molecule has 2 aromatic rings. The summed E-state index contributed by atoms with van der Waals surface area (Å²) < 4.78 is 23.0. The smallest absolute Gasteiger partial charge is 0.308 e. The van der Waals surface area contributed by atoms with Crippen LogP contribution in [0.15, 0.2) is 51.9 Å². The lowest BCUT2D eigenvalue weighted by Crippen LogP contribution is -2.25. The number of ether oxygens (including phenoxy) is 4. The third-order valence-electron chi connectivity index (χ3n) is 5.00. The fraction of sp³-hybridized carbons (Fsp3) is 0.500. The quantitative estimate of drug-likeness (QED) is 0.136. The van der Waals surface area contributed by atoms with E-state index in [1.54, 1.807) is 13.3 Å². The van der Waals surface area contributed by atoms with E-state index in [4.69, 9.17) is 23.9 Å². The Morgan fingerprint density at radius 3 is 2.34 bits per heavy atom. The average Bonchev–Trinajstić information content (AvgIpc) is 2.76. The maximum absolute atomic E-state index is 12.9. The monoisotopic (exact) mass is 547 g/mol. The molecule has 0 aliphatic carbocycles. The van der Waals surface area contributed by atoms with Crippen molar-refractivity contribution >= 4 is 28.1 Å². The van der Waals surface area contributed by atoms with Crippen LogP contribution in [0.5, 0.6) is 5.75 Å². The number of nitrogens with zero attached hydrogens (tertiary/aromatic N) is 1. The highest BCUT2D eigenvalue weighted by Gasteiger charge is 2.27. The maximum atomic E-state index is 12.9. The van der Waals surface area contributed by atoms with Crippen molar-refractivity contribution < 1.29 is 23.7 Å². The highest BCUT2D eigenvalue weighted by molar-refractivity contribution is 9.10. The van der Waals surface area contributed by atoms with Crippen molar-refractivity contribution in [3.63, 3.8) is 0 Å². The van der Waals surface area contributed by atoms with Gasteiger partial charge < -0.3 is 18.9 Å². The number of aliphatic imine (C=N–C) groups is 1. The molecule has 0 heterocycles. The van der Waals surface area contributed by atoms with Crippen LogP contribution < -0.4 is 4.74 Å². The molecule has 0 bridgehead atoms. The number of halogens is 1. The standard InChI is InChI=1S/C28H38BrNO5/c1-27(2,3)21-15-22(26(23(29)16-21)34-19-33-14-13-32-7)24(17-25(31)35-28(4,5)6)30-18-20-11-9-8-10-12-20/h8-12,15-16,18,24H,13-14,17,19H2,1-7H3/b30-18+/t24-/m0/s1. The second-order valence-corrected chi connectivity index (χ2v) is 11.1. The third-order valence-corrected chi connectivity index (χ3v) is 5.59. The van der Waals surface area contributed by atoms with Gasteiger partial charge in [0.25, 0.3) is 0 Å². The Kier molecular flexibility index (Phi) is 10.9. The number of carbonyl (C=O) groups excluding carboxylic acids is 1. The number of rotatable bonds is 11. The first-order valence-electron chi connectivity index (χ1n) is 11.7. The van der Waals surface area contributed by atoms with E-state index in [9.17, 15) is 4.79 Å². The average molecular weight is 549 g/mol. The summed E-state index contributed by atoms with van der Waals surface area (Å²) >= 11 is 3.68. The van der Waals surface area contributed by atoms with Crippen LogP contribution in [-0.4, -0.2) is 44.9 Å². The van der Waals surface area contributed by atoms with Gasteiger partial charge in [-0.1, -0.05) is 51.1 Å². The highest BCUT2D eigenvalue weighted by Crippen LogP contribution is 2.40. The Morgan fingerprint density at radius 2 is 1.74 bits per heavy atom. The molecule has 0 aliphatic heterocycles. The molecule has 0 aromatic heterocycles. The minimum Gasteiger partial charge on any atom is -0.466 e. The fourth-order valence-electron chi connectivity index (χ4n) is 3.25. The van der Waals surface area contributed by atoms with Gasteiger partial charge in [0.2, 0.25) is 0 Å². The molecule has 0 saturated carbocycles. The Bertz CT molecular complexity index is 977. The Balaban J connectivity index is 2.50. The summed E-state index contributed by atoms with van der Waals surface area (Å²) in [7, 11) is 1.62. The molecule has 192 valence electrons. The molecule has 0 saturated heterocycles. The minimum absolute atomic E-state index is 0.0470. The van der Waals surface area contributed by atoms with Crippen molar-refractivity contribution in [1.29, 1.82) is 0 Å². The number of methoxy groups -OCH3 is 1. The lowest BCUT2D eigenvalue weighted by atomic mass is 9.85. The van der Waals surface area contributed by atoms with Crippen LogP contribution in [0, 0.1) is 0 Å². The minimum atomic E-state index is -0.590. The molecule has 0 aliphatic rings. The van der Waals surface area contributed by atoms with Crippen molar-refractivity contribution in [3.05, 3.63) is 63.6 Å². The molecule has 0 fully saturated rings. The van der Waals surface area contributed by atoms with Crippen LogP contribution in [-0.2, 0) is 24.4 Å². The summed E-state index contributed by atoms with van der Waals surface area (Å²) in [6, 6.07) is 13.4. The molecule has 1 atom stereocenters. The number of carbonyl (C=O) groups is 1. The van der Waals surface area contributed by atoms with Gasteiger partial charge in [-0.2, -0.15) is 0 Å². The van der Waals surface area contributed by atoms with Gasteiger partial charge in [0, 0.05) is 18.9 Å². The molecule has 2 rings (SSSR count). The SMILES string of the molecule is COCCOCOc1c(Br)cc(C(C)(C)C)cc1[C@H](CC(=O)OC(C)(C)C)/N=C/c1ccccc1. The molecular formula is C28H38BrNO5. The van der Waals surface area contributed by atoms with Crippen LogP contribution in [0.3, 0.4) is 0 Å². The molecule has 7 heteroatoms. The maximum Gasteiger partial charge on any atom is 0.308 e. The summed E-state index contributed by atoms with van der Waals surface area (Å²) in [4.78, 5) is 17.7. The zero-order valence-electron chi connectivity index (χ0n) is 21.9. The van der Waals surface area contributed by atoms with E-state index in [-0.39, 0.29) is 24.6 Å². The highest BCUT2D eigenvalue weighted by atomic mass is 79.9. The second kappa shape index (κ2) is 13.2. The molecular weight excluding hydrogens is 510 g/mol. The largest absolute Gasteiger partial charge is 0.466 e. The molecule has 0 N–H and O–H groups in total. The van der Waals surface area contributed by atoms with Gasteiger partial charge in [-0.15, -0.1) is 0 Å². The van der Waals surface area contributed by atoms with Crippen LogP contribution >= 0.6 is 15.9 Å². The van der Waals surface area contributed by atoms with E-state index in [0.29, 0.717) is 19.0 Å². The van der Waals surface area contributed by atoms with Crippen LogP contribution in [0.1, 0.15) is 70.7 Å². The summed E-state index contributed by atoms with van der Waals surface area (Å²) in [5.41, 5.74) is 2.12. The fourth-order valence-corrected chi connectivity index (χ4v) is 3.84. The zero-order valence-corrected chi connectivity index (χ0v) is 23.5. The van der Waals surface area contributed by atoms with Crippen molar-refractivity contribution in [2.75, 3.05) is 27.1 Å². The van der Waals surface area contributed by atoms with E-state index in [1.807, 2.05) is 57.2 Å². The molecule has 0 radical (unpaired) electrons. The van der Waals surface area contributed by atoms with E-state index in [2.05, 4.69) is 42.8 Å². The third kappa shape index (κ3) is 10.1. The van der Waals surface area contributed by atoms with Gasteiger partial charge in [0.1, 0.15) is 11.4 Å². The summed E-state index contributed by atoms with van der Waals surface area (Å²) in [5.74, 6) is 0.265. The Hall–Kier alpha value is -2.22. The van der Waals surface area contributed by atoms with Gasteiger partial charge in [0.05, 0.1) is 30.1 Å². The van der Waals surface area contributed by atoms with Crippen LogP contribution in [0.4, 0.5) is 0 Å². The molecule has 2 aromatic carbocycles. The van der Waals surface area contributed by atoms with Crippen molar-refractivity contribution in [2.24, 2.45) is 4.99 Å². The van der Waals surface area contributed by atoms with Crippen molar-refractivity contribution in [2.45, 2.75) is 65.0 Å². The molecule has 0 amide bonds. The van der Waals surface area contributed by atoms with E-state index in [0.717, 1.165) is 21.2 Å². The van der Waals surface area contributed by atoms with E-state index >= 15 is 0 Å². The predicted molar refractivity (Wildman–Crippen MR) is 143 cm³/mol. The van der Waals surface area contributed by atoms with Gasteiger partial charge in [-0.3, -0.25) is 9.79 Å². The number of hydrogen-bond donors (Lipinski definition) is 0. The van der Waals surface area contributed by atoms with Crippen LogP contribution in [0.25, 0.3) is 0 Å². The summed E-state index contributed by atoms with van der Waals surface area (Å²) in [6.07, 6.45) is 1.85. The number of hydrogen-bond acceptors (Lipinski definition) is 6.